The molecule has 0 aromatic carbocycles. The highest BCUT2D eigenvalue weighted by Gasteiger charge is 2.08. The van der Waals surface area contributed by atoms with Gasteiger partial charge in [0.2, 0.25) is 5.91 Å². The van der Waals surface area contributed by atoms with Gasteiger partial charge in [0.05, 0.1) is 0 Å². The number of carbonyl (C=O) groups is 1. The lowest BCUT2D eigenvalue weighted by molar-refractivity contribution is -0.127. The fourth-order valence-corrected chi connectivity index (χ4v) is 1.24. The number of amides is 1. The highest BCUT2D eigenvalue weighted by Crippen LogP contribution is 1.94. The summed E-state index contributed by atoms with van der Waals surface area (Å²) in [7, 11) is 5.34. The molecule has 0 rings (SSSR count). The Morgan fingerprint density at radius 3 is 2.44 bits per heavy atom. The lowest BCUT2D eigenvalue weighted by Gasteiger charge is -2.22. The molecule has 0 unspecified atom stereocenters. The molecule has 1 amide bonds. The van der Waals surface area contributed by atoms with Gasteiger partial charge in [-0.05, 0) is 6.92 Å². The Hall–Kier alpha value is -1.78. The number of hydrogen-bond acceptors (Lipinski definition) is 2. The van der Waals surface area contributed by atoms with Gasteiger partial charge in [-0.3, -0.25) is 4.79 Å². The van der Waals surface area contributed by atoms with Gasteiger partial charge in [-0.1, -0.05) is 18.2 Å². The van der Waals surface area contributed by atoms with Crippen molar-refractivity contribution in [1.29, 1.82) is 0 Å². The number of aliphatic imine (C=N–C) groups is 1. The first-order valence-electron chi connectivity index (χ1n) is 5.83. The average Bonchev–Trinajstić information content (AvgIpc) is 2.27. The lowest BCUT2D eigenvalue weighted by Crippen LogP contribution is -2.40. The number of likely N-dealkylation sites (N-methyl/N-ethyl adjacent to an activating group) is 2. The third-order valence-corrected chi connectivity index (χ3v) is 2.14. The van der Waals surface area contributed by atoms with E-state index >= 15 is 0 Å². The highest BCUT2D eigenvalue weighted by molar-refractivity contribution is 5.84. The van der Waals surface area contributed by atoms with Gasteiger partial charge in [0.15, 0.2) is 5.96 Å². The summed E-state index contributed by atoms with van der Waals surface area (Å²) in [5, 5.41) is 3.11. The van der Waals surface area contributed by atoms with Crippen molar-refractivity contribution in [2.45, 2.75) is 6.92 Å². The molecule has 0 spiro atoms. The van der Waals surface area contributed by atoms with Gasteiger partial charge in [0.1, 0.15) is 6.54 Å². The fraction of sp³-hybridized carbons (Fsp3) is 0.538. The number of hydrogen-bond donors (Lipinski definition) is 1. The van der Waals surface area contributed by atoms with Crippen LogP contribution in [0.1, 0.15) is 6.92 Å². The molecule has 0 bridgehead atoms. The predicted octanol–water partition coefficient (Wildman–Crippen LogP) is 0.714. The minimum absolute atomic E-state index is 0.0309. The van der Waals surface area contributed by atoms with Crippen LogP contribution in [0.3, 0.4) is 0 Å². The van der Waals surface area contributed by atoms with Gasteiger partial charge in [0, 0.05) is 34.2 Å². The fourth-order valence-electron chi connectivity index (χ4n) is 1.24. The van der Waals surface area contributed by atoms with E-state index in [1.54, 1.807) is 20.2 Å². The van der Waals surface area contributed by atoms with Crippen molar-refractivity contribution in [3.63, 3.8) is 0 Å². The standard InChI is InChI=1S/C13H24N4O/c1-7-8-14-13(17(6)10-11(2)3)15-9-12(18)16(4)5/h7H,1-2,8-10H2,3-6H3,(H,14,15). The van der Waals surface area contributed by atoms with Crippen molar-refractivity contribution in [3.8, 4) is 0 Å². The molecule has 0 aromatic rings. The number of carbonyl (C=O) groups excluding carboxylic acids is 1. The molecule has 0 atom stereocenters. The van der Waals surface area contributed by atoms with Gasteiger partial charge >= 0.3 is 0 Å². The molecule has 0 fully saturated rings. The van der Waals surface area contributed by atoms with Crippen LogP contribution in [0.15, 0.2) is 29.8 Å². The maximum absolute atomic E-state index is 11.5. The molecular weight excluding hydrogens is 228 g/mol. The molecule has 5 nitrogen and oxygen atoms in total. The van der Waals surface area contributed by atoms with E-state index in [1.165, 1.54) is 4.90 Å². The lowest BCUT2D eigenvalue weighted by atomic mass is 10.3. The molecular formula is C13H24N4O. The van der Waals surface area contributed by atoms with Crippen LogP contribution in [0, 0.1) is 0 Å². The third kappa shape index (κ3) is 6.73. The van der Waals surface area contributed by atoms with Gasteiger partial charge in [-0.15, -0.1) is 6.58 Å². The molecule has 0 heterocycles. The molecule has 0 aromatic heterocycles. The summed E-state index contributed by atoms with van der Waals surface area (Å²) < 4.78 is 0. The number of nitrogens with zero attached hydrogens (tertiary/aromatic N) is 3. The van der Waals surface area contributed by atoms with Crippen LogP contribution in [-0.2, 0) is 4.79 Å². The Labute approximate surface area is 110 Å². The number of guanidine groups is 1. The van der Waals surface area contributed by atoms with Crippen LogP contribution in [0.4, 0.5) is 0 Å². The summed E-state index contributed by atoms with van der Waals surface area (Å²) in [6.07, 6.45) is 1.75. The second-order valence-electron chi connectivity index (χ2n) is 4.41. The normalized spacial score (nSPS) is 10.8. The van der Waals surface area contributed by atoms with Gasteiger partial charge < -0.3 is 15.1 Å². The first kappa shape index (κ1) is 16.2. The van der Waals surface area contributed by atoms with Crippen molar-refractivity contribution >= 4 is 11.9 Å². The minimum atomic E-state index is -0.0309. The van der Waals surface area contributed by atoms with Crippen molar-refractivity contribution < 1.29 is 4.79 Å². The Kier molecular flexibility index (Phi) is 7.51. The van der Waals surface area contributed by atoms with E-state index in [-0.39, 0.29) is 12.5 Å². The Morgan fingerprint density at radius 1 is 1.39 bits per heavy atom. The predicted molar refractivity (Wildman–Crippen MR) is 76.6 cm³/mol. The van der Waals surface area contributed by atoms with Gasteiger partial charge in [-0.2, -0.15) is 0 Å². The maximum Gasteiger partial charge on any atom is 0.243 e. The van der Waals surface area contributed by atoms with E-state index in [1.807, 2.05) is 18.9 Å². The molecule has 0 saturated carbocycles. The van der Waals surface area contributed by atoms with Crippen LogP contribution in [0.25, 0.3) is 0 Å². The zero-order valence-corrected chi connectivity index (χ0v) is 11.9. The summed E-state index contributed by atoms with van der Waals surface area (Å²) in [5.41, 5.74) is 1.03. The summed E-state index contributed by atoms with van der Waals surface area (Å²) in [4.78, 5) is 19.2. The van der Waals surface area contributed by atoms with Crippen LogP contribution in [0.2, 0.25) is 0 Å². The van der Waals surface area contributed by atoms with E-state index in [2.05, 4.69) is 23.5 Å². The zero-order valence-electron chi connectivity index (χ0n) is 11.9. The molecule has 18 heavy (non-hydrogen) atoms. The van der Waals surface area contributed by atoms with Crippen molar-refractivity contribution in [2.24, 2.45) is 4.99 Å². The monoisotopic (exact) mass is 252 g/mol. The van der Waals surface area contributed by atoms with Crippen LogP contribution in [0.5, 0.6) is 0 Å². The second-order valence-corrected chi connectivity index (χ2v) is 4.41. The van der Waals surface area contributed by atoms with Crippen molar-refractivity contribution in [3.05, 3.63) is 24.8 Å². The summed E-state index contributed by atoms with van der Waals surface area (Å²) >= 11 is 0. The Balaban J connectivity index is 4.64. The minimum Gasteiger partial charge on any atom is -0.353 e. The first-order valence-corrected chi connectivity index (χ1v) is 5.83. The summed E-state index contributed by atoms with van der Waals surface area (Å²) in [6.45, 7) is 10.9. The molecule has 0 saturated heterocycles. The largest absolute Gasteiger partial charge is 0.353 e. The second kappa shape index (κ2) is 8.33. The zero-order chi connectivity index (χ0) is 14.1. The molecule has 0 radical (unpaired) electrons. The molecule has 0 aliphatic heterocycles. The quantitative estimate of drug-likeness (QED) is 0.430. The van der Waals surface area contributed by atoms with Crippen LogP contribution >= 0.6 is 0 Å². The molecule has 0 aliphatic carbocycles. The van der Waals surface area contributed by atoms with Crippen LogP contribution < -0.4 is 5.32 Å². The molecule has 0 aliphatic rings. The van der Waals surface area contributed by atoms with E-state index < -0.39 is 0 Å². The van der Waals surface area contributed by atoms with Crippen molar-refractivity contribution in [2.75, 3.05) is 40.8 Å². The molecule has 1 N–H and O–H groups in total. The topological polar surface area (TPSA) is 47.9 Å². The number of rotatable bonds is 6. The van der Waals surface area contributed by atoms with E-state index in [0.29, 0.717) is 19.0 Å². The van der Waals surface area contributed by atoms with E-state index in [0.717, 1.165) is 5.57 Å². The van der Waals surface area contributed by atoms with Gasteiger partial charge in [-0.25, -0.2) is 4.99 Å². The van der Waals surface area contributed by atoms with Crippen LogP contribution in [-0.4, -0.2) is 62.4 Å². The SMILES string of the molecule is C=CCNC(=NCC(=O)N(C)C)N(C)CC(=C)C. The Bertz CT molecular complexity index is 334. The third-order valence-electron chi connectivity index (χ3n) is 2.14. The average molecular weight is 252 g/mol. The summed E-state index contributed by atoms with van der Waals surface area (Å²) in [5.74, 6) is 0.643. The Morgan fingerprint density at radius 2 is 2.00 bits per heavy atom. The molecule has 5 heteroatoms. The first-order chi connectivity index (χ1) is 8.38. The van der Waals surface area contributed by atoms with Crippen molar-refractivity contribution in [1.82, 2.24) is 15.1 Å². The molecule has 102 valence electrons. The highest BCUT2D eigenvalue weighted by atomic mass is 16.2. The summed E-state index contributed by atoms with van der Waals surface area (Å²) in [6, 6.07) is 0. The van der Waals surface area contributed by atoms with E-state index in [9.17, 15) is 4.79 Å². The van der Waals surface area contributed by atoms with E-state index in [4.69, 9.17) is 0 Å². The smallest absolute Gasteiger partial charge is 0.243 e. The number of nitrogens with one attached hydrogen (secondary N) is 1. The van der Waals surface area contributed by atoms with Gasteiger partial charge in [0.25, 0.3) is 0 Å². The maximum atomic E-state index is 11.5.